The third-order valence-corrected chi connectivity index (χ3v) is 7.89. The first-order chi connectivity index (χ1) is 15.2. The number of benzene rings is 2. The van der Waals surface area contributed by atoms with E-state index in [1.165, 1.54) is 69.8 Å². The summed E-state index contributed by atoms with van der Waals surface area (Å²) in [6.07, 6.45) is 17.8. The van der Waals surface area contributed by atoms with Crippen LogP contribution in [0.15, 0.2) is 42.5 Å². The average molecular weight is 423 g/mol. The number of ether oxygens (including phenoxy) is 1. The summed E-state index contributed by atoms with van der Waals surface area (Å²) in [6, 6.07) is 10.2. The SMILES string of the molecule is C/C=C/COc1cc2ccc(C3CCC4CC(CCCCC)CCC4C3)cc2cc1F. The van der Waals surface area contributed by atoms with Crippen molar-refractivity contribution in [1.29, 1.82) is 0 Å². The first-order valence-corrected chi connectivity index (χ1v) is 12.6. The van der Waals surface area contributed by atoms with E-state index >= 15 is 0 Å². The second-order valence-electron chi connectivity index (χ2n) is 9.97. The van der Waals surface area contributed by atoms with E-state index in [1.54, 1.807) is 6.07 Å². The van der Waals surface area contributed by atoms with Gasteiger partial charge in [0.1, 0.15) is 6.61 Å². The van der Waals surface area contributed by atoms with Crippen molar-refractivity contribution in [1.82, 2.24) is 0 Å². The van der Waals surface area contributed by atoms with E-state index in [2.05, 4.69) is 25.1 Å². The summed E-state index contributed by atoms with van der Waals surface area (Å²) in [6.45, 7) is 4.65. The van der Waals surface area contributed by atoms with Crippen LogP contribution in [0.3, 0.4) is 0 Å². The van der Waals surface area contributed by atoms with Gasteiger partial charge in [0.15, 0.2) is 11.6 Å². The zero-order chi connectivity index (χ0) is 21.6. The zero-order valence-corrected chi connectivity index (χ0v) is 19.4. The Morgan fingerprint density at radius 1 is 0.968 bits per heavy atom. The van der Waals surface area contributed by atoms with Crippen LogP contribution in [-0.2, 0) is 0 Å². The summed E-state index contributed by atoms with van der Waals surface area (Å²) >= 11 is 0. The highest BCUT2D eigenvalue weighted by atomic mass is 19.1. The topological polar surface area (TPSA) is 9.23 Å². The van der Waals surface area contributed by atoms with Crippen molar-refractivity contribution >= 4 is 10.8 Å². The number of halogens is 1. The molecule has 0 aliphatic heterocycles. The van der Waals surface area contributed by atoms with Crippen LogP contribution < -0.4 is 4.74 Å². The predicted molar refractivity (Wildman–Crippen MR) is 129 cm³/mol. The van der Waals surface area contributed by atoms with Gasteiger partial charge in [0.05, 0.1) is 0 Å². The molecule has 168 valence electrons. The Morgan fingerprint density at radius 2 is 1.81 bits per heavy atom. The Morgan fingerprint density at radius 3 is 2.65 bits per heavy atom. The van der Waals surface area contributed by atoms with Gasteiger partial charge in [-0.3, -0.25) is 0 Å². The summed E-state index contributed by atoms with van der Waals surface area (Å²) in [5, 5.41) is 2.05. The van der Waals surface area contributed by atoms with Gasteiger partial charge in [-0.15, -0.1) is 0 Å². The normalized spacial score (nSPS) is 26.3. The molecule has 4 unspecified atom stereocenters. The summed E-state index contributed by atoms with van der Waals surface area (Å²) in [5.41, 5.74) is 1.40. The molecule has 2 aliphatic carbocycles. The van der Waals surface area contributed by atoms with Gasteiger partial charge in [0, 0.05) is 0 Å². The molecule has 0 heterocycles. The first kappa shape index (κ1) is 22.4. The summed E-state index contributed by atoms with van der Waals surface area (Å²) in [7, 11) is 0. The molecule has 0 radical (unpaired) electrons. The molecule has 31 heavy (non-hydrogen) atoms. The molecular formula is C29H39FO. The van der Waals surface area contributed by atoms with Gasteiger partial charge in [-0.05, 0) is 91.2 Å². The minimum atomic E-state index is -0.265. The molecule has 2 aromatic rings. The Labute approximate surface area is 188 Å². The van der Waals surface area contributed by atoms with Gasteiger partial charge >= 0.3 is 0 Å². The van der Waals surface area contributed by atoms with Crippen LogP contribution in [0.2, 0.25) is 0 Å². The molecule has 0 aromatic heterocycles. The number of hydrogen-bond acceptors (Lipinski definition) is 1. The van der Waals surface area contributed by atoms with E-state index in [0.717, 1.165) is 28.5 Å². The van der Waals surface area contributed by atoms with E-state index in [4.69, 9.17) is 4.74 Å². The maximum atomic E-state index is 14.5. The monoisotopic (exact) mass is 422 g/mol. The highest BCUT2D eigenvalue weighted by Crippen LogP contribution is 2.48. The fourth-order valence-electron chi connectivity index (χ4n) is 6.10. The Bertz CT molecular complexity index is 886. The molecule has 2 aromatic carbocycles. The first-order valence-electron chi connectivity index (χ1n) is 12.6. The van der Waals surface area contributed by atoms with Gasteiger partial charge in [0.25, 0.3) is 0 Å². The maximum Gasteiger partial charge on any atom is 0.165 e. The molecule has 0 saturated heterocycles. The average Bonchev–Trinajstić information content (AvgIpc) is 2.79. The molecule has 2 fully saturated rings. The van der Waals surface area contributed by atoms with Crippen LogP contribution in [0, 0.1) is 23.6 Å². The fraction of sp³-hybridized carbons (Fsp3) is 0.586. The standard InChI is InChI=1S/C29H39FO/c1-3-5-7-8-21-9-10-23-17-24(12-11-22(23)16-21)25-13-14-26-20-29(31-15-6-4-2)28(30)19-27(26)18-25/h4,6,13-14,18-24H,3,5,7-12,15-17H2,1-2H3/b6-4+. The number of hydrogen-bond donors (Lipinski definition) is 0. The van der Waals surface area contributed by atoms with Gasteiger partial charge in [0.2, 0.25) is 0 Å². The zero-order valence-electron chi connectivity index (χ0n) is 19.4. The molecule has 0 N–H and O–H groups in total. The predicted octanol–water partition coefficient (Wildman–Crippen LogP) is 8.81. The van der Waals surface area contributed by atoms with E-state index in [1.807, 2.05) is 25.1 Å². The van der Waals surface area contributed by atoms with Crippen molar-refractivity contribution in [2.45, 2.75) is 84.0 Å². The van der Waals surface area contributed by atoms with E-state index in [0.29, 0.717) is 18.3 Å². The fourth-order valence-corrected chi connectivity index (χ4v) is 6.10. The molecular weight excluding hydrogens is 383 g/mol. The minimum Gasteiger partial charge on any atom is -0.486 e. The van der Waals surface area contributed by atoms with Crippen molar-refractivity contribution < 1.29 is 9.13 Å². The van der Waals surface area contributed by atoms with Crippen molar-refractivity contribution in [3.63, 3.8) is 0 Å². The number of rotatable bonds is 8. The van der Waals surface area contributed by atoms with Gasteiger partial charge in [-0.25, -0.2) is 4.39 Å². The van der Waals surface area contributed by atoms with E-state index in [9.17, 15) is 4.39 Å². The Hall–Kier alpha value is -1.83. The van der Waals surface area contributed by atoms with Gasteiger partial charge < -0.3 is 4.74 Å². The van der Waals surface area contributed by atoms with Crippen LogP contribution in [0.5, 0.6) is 5.75 Å². The van der Waals surface area contributed by atoms with Gasteiger partial charge in [-0.1, -0.05) is 69.4 Å². The molecule has 0 bridgehead atoms. The van der Waals surface area contributed by atoms with Crippen molar-refractivity contribution in [2.24, 2.45) is 17.8 Å². The number of allylic oxidation sites excluding steroid dienone is 1. The third-order valence-electron chi connectivity index (χ3n) is 7.89. The highest BCUT2D eigenvalue weighted by molar-refractivity contribution is 5.85. The van der Waals surface area contributed by atoms with Gasteiger partial charge in [-0.2, -0.15) is 0 Å². The van der Waals surface area contributed by atoms with Crippen LogP contribution in [-0.4, -0.2) is 6.61 Å². The molecule has 0 spiro atoms. The molecule has 4 atom stereocenters. The summed E-state index contributed by atoms with van der Waals surface area (Å²) < 4.78 is 20.1. The molecule has 0 amide bonds. The van der Waals surface area contributed by atoms with Crippen molar-refractivity contribution in [3.05, 3.63) is 53.9 Å². The lowest BCUT2D eigenvalue weighted by Crippen LogP contribution is -2.30. The molecule has 2 aliphatic rings. The lowest BCUT2D eigenvalue weighted by molar-refractivity contribution is 0.113. The smallest absolute Gasteiger partial charge is 0.165 e. The molecule has 1 nitrogen and oxygen atoms in total. The summed E-state index contributed by atoms with van der Waals surface area (Å²) in [4.78, 5) is 0. The maximum absolute atomic E-state index is 14.5. The highest BCUT2D eigenvalue weighted by Gasteiger charge is 2.35. The lowest BCUT2D eigenvalue weighted by atomic mass is 9.63. The van der Waals surface area contributed by atoms with E-state index < -0.39 is 0 Å². The second-order valence-corrected chi connectivity index (χ2v) is 9.97. The number of unbranched alkanes of at least 4 members (excludes halogenated alkanes) is 2. The second kappa shape index (κ2) is 10.7. The van der Waals surface area contributed by atoms with Crippen LogP contribution in [0.1, 0.15) is 89.5 Å². The van der Waals surface area contributed by atoms with Crippen LogP contribution >= 0.6 is 0 Å². The Balaban J connectivity index is 1.40. The number of fused-ring (bicyclic) bond motifs is 2. The Kier molecular flexibility index (Phi) is 7.69. The van der Waals surface area contributed by atoms with E-state index in [-0.39, 0.29) is 5.82 Å². The van der Waals surface area contributed by atoms with Crippen LogP contribution in [0.4, 0.5) is 4.39 Å². The quantitative estimate of drug-likeness (QED) is 0.305. The molecule has 4 rings (SSSR count). The molecule has 2 saturated carbocycles. The largest absolute Gasteiger partial charge is 0.486 e. The third kappa shape index (κ3) is 5.51. The molecule has 2 heteroatoms. The lowest BCUT2D eigenvalue weighted by Gasteiger charge is -2.42. The van der Waals surface area contributed by atoms with Crippen LogP contribution in [0.25, 0.3) is 10.8 Å². The minimum absolute atomic E-state index is 0.265. The summed E-state index contributed by atoms with van der Waals surface area (Å²) in [5.74, 6) is 3.55. The van der Waals surface area contributed by atoms with Crippen molar-refractivity contribution in [3.8, 4) is 5.75 Å². The van der Waals surface area contributed by atoms with Crippen molar-refractivity contribution in [2.75, 3.05) is 6.61 Å².